The highest BCUT2D eigenvalue weighted by molar-refractivity contribution is 5.97. The molecule has 0 amide bonds. The van der Waals surface area contributed by atoms with Crippen LogP contribution in [0.5, 0.6) is 0 Å². The van der Waals surface area contributed by atoms with Crippen LogP contribution in [0, 0.1) is 0 Å². The number of ether oxygens (including phenoxy) is 1. The number of unbranched alkanes of at least 4 members (excludes halogenated alkanes) is 9. The van der Waals surface area contributed by atoms with E-state index in [1.165, 1.54) is 57.8 Å². The molecule has 0 bridgehead atoms. The molecule has 0 aromatic heterocycles. The molecule has 1 heterocycles. The van der Waals surface area contributed by atoms with E-state index in [0.717, 1.165) is 24.9 Å². The van der Waals surface area contributed by atoms with E-state index in [9.17, 15) is 9.59 Å². The molecule has 0 N–H and O–H groups in total. The van der Waals surface area contributed by atoms with Crippen molar-refractivity contribution in [1.29, 1.82) is 0 Å². The lowest BCUT2D eigenvalue weighted by Gasteiger charge is -2.09. The Labute approximate surface area is 129 Å². The Hall–Kier alpha value is -1.12. The first-order valence-corrected chi connectivity index (χ1v) is 8.62. The highest BCUT2D eigenvalue weighted by Crippen LogP contribution is 2.21. The monoisotopic (exact) mass is 294 g/mol. The molecule has 120 valence electrons. The van der Waals surface area contributed by atoms with E-state index in [1.54, 1.807) is 6.08 Å². The molecular formula is C18H30O3. The summed E-state index contributed by atoms with van der Waals surface area (Å²) in [5, 5.41) is 0. The molecule has 0 aromatic rings. The van der Waals surface area contributed by atoms with Gasteiger partial charge in [0.1, 0.15) is 12.0 Å². The fourth-order valence-corrected chi connectivity index (χ4v) is 2.70. The Morgan fingerprint density at radius 2 is 1.57 bits per heavy atom. The van der Waals surface area contributed by atoms with E-state index >= 15 is 0 Å². The molecule has 0 spiro atoms. The SMILES string of the molecule is CCCCCCCCCCCCC1=CC(=O)C(CC=O)O1. The second kappa shape index (κ2) is 11.5. The van der Waals surface area contributed by atoms with Crippen molar-refractivity contribution in [2.24, 2.45) is 0 Å². The predicted molar refractivity (Wildman–Crippen MR) is 85.1 cm³/mol. The van der Waals surface area contributed by atoms with E-state index in [4.69, 9.17) is 4.74 Å². The van der Waals surface area contributed by atoms with Crippen LogP contribution in [-0.4, -0.2) is 18.2 Å². The molecule has 0 saturated carbocycles. The molecule has 3 heteroatoms. The standard InChI is InChI=1S/C18H30O3/c1-2-3-4-5-6-7-8-9-10-11-12-16-15-17(20)18(21-16)13-14-19/h14-15,18H,2-13H2,1H3. The number of carbonyl (C=O) groups is 2. The Balaban J connectivity index is 1.92. The number of carbonyl (C=O) groups excluding carboxylic acids is 2. The van der Waals surface area contributed by atoms with Crippen molar-refractivity contribution in [2.75, 3.05) is 0 Å². The summed E-state index contributed by atoms with van der Waals surface area (Å²) in [5.74, 6) is 0.718. The van der Waals surface area contributed by atoms with Gasteiger partial charge in [-0.05, 0) is 6.42 Å². The molecular weight excluding hydrogens is 264 g/mol. The minimum absolute atomic E-state index is 0.0517. The van der Waals surface area contributed by atoms with Crippen LogP contribution in [0.15, 0.2) is 11.8 Å². The topological polar surface area (TPSA) is 43.4 Å². The first kappa shape index (κ1) is 17.9. The molecule has 0 aromatic carbocycles. The first-order valence-electron chi connectivity index (χ1n) is 8.62. The molecule has 3 nitrogen and oxygen atoms in total. The molecule has 1 rings (SSSR count). The molecule has 0 fully saturated rings. The van der Waals surface area contributed by atoms with Crippen LogP contribution in [0.4, 0.5) is 0 Å². The summed E-state index contributed by atoms with van der Waals surface area (Å²) in [4.78, 5) is 21.9. The van der Waals surface area contributed by atoms with Crippen molar-refractivity contribution in [3.63, 3.8) is 0 Å². The predicted octanol–water partition coefficient (Wildman–Crippen LogP) is 4.74. The average molecular weight is 294 g/mol. The maximum absolute atomic E-state index is 11.5. The molecule has 1 atom stereocenters. The lowest BCUT2D eigenvalue weighted by molar-refractivity contribution is -0.123. The Morgan fingerprint density at radius 1 is 1.00 bits per heavy atom. The first-order chi connectivity index (χ1) is 10.3. The summed E-state index contributed by atoms with van der Waals surface area (Å²) in [5.41, 5.74) is 0. The van der Waals surface area contributed by atoms with Crippen molar-refractivity contribution in [1.82, 2.24) is 0 Å². The Bertz CT molecular complexity index is 333. The van der Waals surface area contributed by atoms with Gasteiger partial charge >= 0.3 is 0 Å². The Kier molecular flexibility index (Phi) is 9.84. The van der Waals surface area contributed by atoms with Crippen molar-refractivity contribution in [2.45, 2.75) is 90.1 Å². The summed E-state index contributed by atoms with van der Waals surface area (Å²) < 4.78 is 5.48. The van der Waals surface area contributed by atoms with Crippen LogP contribution in [0.3, 0.4) is 0 Å². The number of aldehydes is 1. The van der Waals surface area contributed by atoms with E-state index in [1.807, 2.05) is 0 Å². The summed E-state index contributed by atoms with van der Waals surface area (Å²) in [7, 11) is 0. The van der Waals surface area contributed by atoms with Gasteiger partial charge in [-0.1, -0.05) is 64.7 Å². The second-order valence-corrected chi connectivity index (χ2v) is 5.95. The highest BCUT2D eigenvalue weighted by atomic mass is 16.5. The van der Waals surface area contributed by atoms with Gasteiger partial charge in [-0.2, -0.15) is 0 Å². The van der Waals surface area contributed by atoms with Crippen LogP contribution in [0.25, 0.3) is 0 Å². The minimum Gasteiger partial charge on any atom is -0.486 e. The Morgan fingerprint density at radius 3 is 2.14 bits per heavy atom. The van der Waals surface area contributed by atoms with Crippen LogP contribution in [-0.2, 0) is 14.3 Å². The van der Waals surface area contributed by atoms with E-state index < -0.39 is 6.10 Å². The number of rotatable bonds is 13. The summed E-state index contributed by atoms with van der Waals surface area (Å²) >= 11 is 0. The lowest BCUT2D eigenvalue weighted by Crippen LogP contribution is -2.16. The fourth-order valence-electron chi connectivity index (χ4n) is 2.70. The third kappa shape index (κ3) is 8.03. The van der Waals surface area contributed by atoms with Gasteiger partial charge < -0.3 is 9.53 Å². The smallest absolute Gasteiger partial charge is 0.199 e. The molecule has 1 aliphatic rings. The number of hydrogen-bond acceptors (Lipinski definition) is 3. The molecule has 0 aliphatic carbocycles. The van der Waals surface area contributed by atoms with Crippen molar-refractivity contribution in [3.8, 4) is 0 Å². The molecule has 21 heavy (non-hydrogen) atoms. The van der Waals surface area contributed by atoms with Crippen LogP contribution < -0.4 is 0 Å². The van der Waals surface area contributed by atoms with Gasteiger partial charge in [0, 0.05) is 18.9 Å². The zero-order valence-electron chi connectivity index (χ0n) is 13.4. The quantitative estimate of drug-likeness (QED) is 0.364. The van der Waals surface area contributed by atoms with Gasteiger partial charge in [0.25, 0.3) is 0 Å². The minimum atomic E-state index is -0.541. The number of allylic oxidation sites excluding steroid dienone is 1. The summed E-state index contributed by atoms with van der Waals surface area (Å²) in [6.45, 7) is 2.25. The van der Waals surface area contributed by atoms with Gasteiger partial charge in [-0.15, -0.1) is 0 Å². The summed E-state index contributed by atoms with van der Waals surface area (Å²) in [6, 6.07) is 0. The van der Waals surface area contributed by atoms with Crippen LogP contribution in [0.2, 0.25) is 0 Å². The molecule has 1 unspecified atom stereocenters. The zero-order chi connectivity index (χ0) is 15.3. The second-order valence-electron chi connectivity index (χ2n) is 5.95. The van der Waals surface area contributed by atoms with E-state index in [-0.39, 0.29) is 12.2 Å². The van der Waals surface area contributed by atoms with E-state index in [2.05, 4.69) is 6.92 Å². The van der Waals surface area contributed by atoms with Gasteiger partial charge in [0.15, 0.2) is 11.9 Å². The lowest BCUT2D eigenvalue weighted by atomic mass is 10.1. The molecule has 1 aliphatic heterocycles. The largest absolute Gasteiger partial charge is 0.486 e. The van der Waals surface area contributed by atoms with E-state index in [0.29, 0.717) is 0 Å². The maximum Gasteiger partial charge on any atom is 0.199 e. The van der Waals surface area contributed by atoms with Gasteiger partial charge in [-0.25, -0.2) is 0 Å². The van der Waals surface area contributed by atoms with Gasteiger partial charge in [0.05, 0.1) is 0 Å². The van der Waals surface area contributed by atoms with Gasteiger partial charge in [0.2, 0.25) is 0 Å². The number of ketones is 1. The maximum atomic E-state index is 11.5. The molecule has 0 radical (unpaired) electrons. The van der Waals surface area contributed by atoms with Crippen molar-refractivity contribution >= 4 is 12.1 Å². The van der Waals surface area contributed by atoms with Crippen LogP contribution >= 0.6 is 0 Å². The fraction of sp³-hybridized carbons (Fsp3) is 0.778. The third-order valence-electron chi connectivity index (χ3n) is 4.00. The number of hydrogen-bond donors (Lipinski definition) is 0. The zero-order valence-corrected chi connectivity index (χ0v) is 13.4. The summed E-state index contributed by atoms with van der Waals surface area (Å²) in [6.07, 6.45) is 15.8. The molecule has 0 saturated heterocycles. The highest BCUT2D eigenvalue weighted by Gasteiger charge is 2.25. The van der Waals surface area contributed by atoms with Crippen molar-refractivity contribution < 1.29 is 14.3 Å². The van der Waals surface area contributed by atoms with Crippen LogP contribution in [0.1, 0.15) is 84.0 Å². The van der Waals surface area contributed by atoms with Gasteiger partial charge in [-0.3, -0.25) is 4.79 Å². The normalized spacial score (nSPS) is 17.7. The average Bonchev–Trinajstić information content (AvgIpc) is 2.82. The third-order valence-corrected chi connectivity index (χ3v) is 4.00. The van der Waals surface area contributed by atoms with Crippen molar-refractivity contribution in [3.05, 3.63) is 11.8 Å².